The van der Waals surface area contributed by atoms with Crippen molar-refractivity contribution in [2.75, 3.05) is 12.9 Å². The molecule has 0 saturated heterocycles. The Bertz CT molecular complexity index is 1250. The minimum atomic E-state index is -0.742. The summed E-state index contributed by atoms with van der Waals surface area (Å²) >= 11 is 6.79. The van der Waals surface area contributed by atoms with Crippen molar-refractivity contribution in [1.82, 2.24) is 20.4 Å². The van der Waals surface area contributed by atoms with E-state index in [0.29, 0.717) is 21.9 Å². The van der Waals surface area contributed by atoms with Crippen molar-refractivity contribution in [2.45, 2.75) is 18.6 Å². The van der Waals surface area contributed by atoms with Crippen molar-refractivity contribution >= 4 is 35.5 Å². The molecule has 174 valence electrons. The van der Waals surface area contributed by atoms with Gasteiger partial charge in [-0.05, 0) is 60.0 Å². The largest absolute Gasteiger partial charge is 0.436 e. The molecule has 0 aliphatic heterocycles. The van der Waals surface area contributed by atoms with Crippen molar-refractivity contribution < 1.29 is 18.7 Å². The summed E-state index contributed by atoms with van der Waals surface area (Å²) in [4.78, 5) is 23.7. The average Bonchev–Trinajstić information content (AvgIpc) is 2.81. The maximum absolute atomic E-state index is 13.7. The molecule has 1 amide bonds. The molecule has 0 fully saturated rings. The number of methoxy groups -OCH3 is 1. The number of hydrogen-bond donors (Lipinski definition) is 1. The van der Waals surface area contributed by atoms with Crippen molar-refractivity contribution in [1.29, 1.82) is 5.26 Å². The molecule has 0 atom stereocenters. The van der Waals surface area contributed by atoms with E-state index in [2.05, 4.69) is 31.5 Å². The van der Waals surface area contributed by atoms with Crippen LogP contribution in [0.3, 0.4) is 0 Å². The third-order valence-corrected chi connectivity index (χ3v) is 5.29. The van der Waals surface area contributed by atoms with Gasteiger partial charge in [0, 0.05) is 12.8 Å². The Hall–Kier alpha value is -3.59. The number of thioether (sulfide) groups is 1. The van der Waals surface area contributed by atoms with E-state index in [0.717, 1.165) is 29.2 Å². The van der Waals surface area contributed by atoms with Gasteiger partial charge in [0.25, 0.3) is 5.88 Å². The van der Waals surface area contributed by atoms with E-state index in [4.69, 9.17) is 21.1 Å². The Labute approximate surface area is 204 Å². The molecule has 1 N–H and O–H groups in total. The van der Waals surface area contributed by atoms with E-state index >= 15 is 0 Å². The summed E-state index contributed by atoms with van der Waals surface area (Å²) in [7, 11) is 1.55. The van der Waals surface area contributed by atoms with Crippen LogP contribution in [0.15, 0.2) is 46.7 Å². The minimum absolute atomic E-state index is 0.0225. The molecule has 1 aromatic carbocycles. The lowest BCUT2D eigenvalue weighted by molar-refractivity contribution is -0.118. The van der Waals surface area contributed by atoms with Gasteiger partial charge in [0.05, 0.1) is 30.3 Å². The number of carbonyl (C=O) groups is 1. The number of nitrogens with one attached hydrogen (secondary N) is 1. The van der Waals surface area contributed by atoms with E-state index in [1.165, 1.54) is 6.21 Å². The molecule has 0 saturated carbocycles. The zero-order valence-corrected chi connectivity index (χ0v) is 19.7. The van der Waals surface area contributed by atoms with E-state index in [-0.39, 0.29) is 29.4 Å². The molecule has 0 bridgehead atoms. The lowest BCUT2D eigenvalue weighted by Gasteiger charge is -2.09. The quantitative estimate of drug-likeness (QED) is 0.202. The van der Waals surface area contributed by atoms with Gasteiger partial charge in [0.15, 0.2) is 0 Å². The van der Waals surface area contributed by atoms with Crippen LogP contribution in [0.25, 0.3) is 0 Å². The first-order chi connectivity index (χ1) is 16.4. The van der Waals surface area contributed by atoms with E-state index in [9.17, 15) is 14.4 Å². The van der Waals surface area contributed by atoms with E-state index < -0.39 is 5.82 Å². The van der Waals surface area contributed by atoms with Crippen LogP contribution in [-0.2, 0) is 16.1 Å². The second kappa shape index (κ2) is 12.0. The number of nitrogens with zero attached hydrogens (tertiary/aromatic N) is 5. The lowest BCUT2D eigenvalue weighted by atomic mass is 10.1. The van der Waals surface area contributed by atoms with Gasteiger partial charge >= 0.3 is 0 Å². The molecule has 0 spiro atoms. The highest BCUT2D eigenvalue weighted by Crippen LogP contribution is 2.25. The molecule has 0 unspecified atom stereocenters. The molecular formula is C22H18ClFN6O3S. The summed E-state index contributed by atoms with van der Waals surface area (Å²) in [5.41, 5.74) is 4.92. The molecule has 9 nitrogen and oxygen atoms in total. The fourth-order valence-corrected chi connectivity index (χ4v) is 3.67. The Morgan fingerprint density at radius 2 is 2.12 bits per heavy atom. The first kappa shape index (κ1) is 25.0. The summed E-state index contributed by atoms with van der Waals surface area (Å²) in [5, 5.41) is 13.7. The van der Waals surface area contributed by atoms with Crippen LogP contribution in [0.2, 0.25) is 5.28 Å². The maximum Gasteiger partial charge on any atom is 0.260 e. The molecule has 0 aliphatic carbocycles. The minimum Gasteiger partial charge on any atom is -0.436 e. The summed E-state index contributed by atoms with van der Waals surface area (Å²) in [5.74, 6) is -1.04. The monoisotopic (exact) mass is 500 g/mol. The van der Waals surface area contributed by atoms with Crippen LogP contribution >= 0.6 is 23.4 Å². The number of benzene rings is 1. The highest BCUT2D eigenvalue weighted by atomic mass is 35.5. The van der Waals surface area contributed by atoms with Crippen LogP contribution in [-0.4, -0.2) is 39.9 Å². The molecule has 2 heterocycles. The molecule has 3 aromatic rings. The van der Waals surface area contributed by atoms with Crippen molar-refractivity contribution in [3.05, 3.63) is 70.0 Å². The van der Waals surface area contributed by atoms with Gasteiger partial charge in [-0.3, -0.25) is 4.79 Å². The number of amides is 1. The first-order valence-electron chi connectivity index (χ1n) is 9.69. The number of rotatable bonds is 9. The van der Waals surface area contributed by atoms with Crippen LogP contribution < -0.4 is 10.2 Å². The van der Waals surface area contributed by atoms with Gasteiger partial charge in [-0.25, -0.2) is 15.4 Å². The zero-order chi connectivity index (χ0) is 24.5. The van der Waals surface area contributed by atoms with Gasteiger partial charge in [0.2, 0.25) is 17.0 Å². The molecule has 3 rings (SSSR count). The van der Waals surface area contributed by atoms with Crippen molar-refractivity contribution in [2.24, 2.45) is 5.10 Å². The predicted molar refractivity (Wildman–Crippen MR) is 124 cm³/mol. The van der Waals surface area contributed by atoms with E-state index in [1.807, 2.05) is 6.92 Å². The number of nitriles is 1. The van der Waals surface area contributed by atoms with Crippen molar-refractivity contribution in [3.63, 3.8) is 0 Å². The highest BCUT2D eigenvalue weighted by Gasteiger charge is 2.13. The van der Waals surface area contributed by atoms with Crippen LogP contribution in [0.1, 0.15) is 22.4 Å². The van der Waals surface area contributed by atoms with Gasteiger partial charge in [-0.15, -0.1) is 0 Å². The summed E-state index contributed by atoms with van der Waals surface area (Å²) in [6, 6.07) is 10.4. The number of aryl methyl sites for hydroxylation is 1. The van der Waals surface area contributed by atoms with Gasteiger partial charge in [-0.1, -0.05) is 11.8 Å². The summed E-state index contributed by atoms with van der Waals surface area (Å²) in [6.07, 6.45) is 2.36. The fourth-order valence-electron chi connectivity index (χ4n) is 2.68. The van der Waals surface area contributed by atoms with Crippen LogP contribution in [0.4, 0.5) is 4.39 Å². The number of halogens is 2. The normalized spacial score (nSPS) is 10.8. The van der Waals surface area contributed by atoms with Gasteiger partial charge < -0.3 is 9.47 Å². The third-order valence-electron chi connectivity index (χ3n) is 4.13. The van der Waals surface area contributed by atoms with Crippen LogP contribution in [0.5, 0.6) is 11.6 Å². The summed E-state index contributed by atoms with van der Waals surface area (Å²) < 4.78 is 24.1. The fraction of sp³-hybridized carbons (Fsp3) is 0.182. The Balaban J connectivity index is 1.54. The van der Waals surface area contributed by atoms with Crippen molar-refractivity contribution in [3.8, 4) is 17.7 Å². The molecular weight excluding hydrogens is 483 g/mol. The van der Waals surface area contributed by atoms with Crippen LogP contribution in [0, 0.1) is 24.1 Å². The standard InChI is InChI=1S/C22H18ClFN6O3S/c1-13-7-15(11-32-2)17(8-25)21(28-13)34-12-19(31)30-27-9-14-3-5-16(6-4-14)33-20-18(24)10-26-22(23)29-20/h3-7,9-10H,11-12H2,1-2H3,(H,30,31). The molecule has 0 radical (unpaired) electrons. The Kier molecular flexibility index (Phi) is 8.86. The number of hydrogen-bond acceptors (Lipinski definition) is 9. The molecule has 2 aromatic heterocycles. The van der Waals surface area contributed by atoms with Gasteiger partial charge in [-0.2, -0.15) is 19.7 Å². The number of pyridine rings is 1. The Morgan fingerprint density at radius 1 is 1.35 bits per heavy atom. The summed E-state index contributed by atoms with van der Waals surface area (Å²) in [6.45, 7) is 2.09. The topological polar surface area (TPSA) is 122 Å². The Morgan fingerprint density at radius 3 is 2.82 bits per heavy atom. The number of carbonyl (C=O) groups excluding carboxylic acids is 1. The molecule has 0 aliphatic rings. The average molecular weight is 501 g/mol. The zero-order valence-electron chi connectivity index (χ0n) is 18.1. The molecule has 12 heteroatoms. The smallest absolute Gasteiger partial charge is 0.260 e. The third kappa shape index (κ3) is 6.95. The maximum atomic E-state index is 13.7. The van der Waals surface area contributed by atoms with E-state index in [1.54, 1.807) is 37.4 Å². The van der Waals surface area contributed by atoms with Gasteiger partial charge in [0.1, 0.15) is 16.8 Å². The second-order valence-electron chi connectivity index (χ2n) is 6.69. The SMILES string of the molecule is COCc1cc(C)nc(SCC(=O)NN=Cc2ccc(Oc3nc(Cl)ncc3F)cc2)c1C#N. The lowest BCUT2D eigenvalue weighted by Crippen LogP contribution is -2.19. The number of ether oxygens (including phenoxy) is 2. The number of hydrazone groups is 1. The highest BCUT2D eigenvalue weighted by molar-refractivity contribution is 8.00. The first-order valence-corrected chi connectivity index (χ1v) is 11.1. The molecule has 34 heavy (non-hydrogen) atoms. The number of aromatic nitrogens is 3. The second-order valence-corrected chi connectivity index (χ2v) is 7.99. The predicted octanol–water partition coefficient (Wildman–Crippen LogP) is 4.03.